The summed E-state index contributed by atoms with van der Waals surface area (Å²) in [6.07, 6.45) is -2.75. The number of guanidine groups is 1. The molecule has 1 fully saturated rings. The van der Waals surface area contributed by atoms with Crippen molar-refractivity contribution in [2.45, 2.75) is 32.2 Å². The molecule has 0 heterocycles. The van der Waals surface area contributed by atoms with Crippen molar-refractivity contribution >= 4 is 11.6 Å². The number of para-hydroxylation sites is 2. The molecular weight excluding hydrogens is 271 g/mol. The minimum atomic E-state index is -4.74. The van der Waals surface area contributed by atoms with E-state index < -0.39 is 6.36 Å². The highest BCUT2D eigenvalue weighted by atomic mass is 19.4. The Morgan fingerprint density at radius 1 is 1.45 bits per heavy atom. The lowest BCUT2D eigenvalue weighted by Gasteiger charge is -2.14. The number of alkyl halides is 3. The number of hydrogen-bond donors (Lipinski definition) is 2. The molecule has 0 amide bonds. The van der Waals surface area contributed by atoms with E-state index in [1.807, 2.05) is 0 Å². The molecule has 4 nitrogen and oxygen atoms in total. The fourth-order valence-corrected chi connectivity index (χ4v) is 1.96. The Hall–Kier alpha value is -1.92. The van der Waals surface area contributed by atoms with Gasteiger partial charge in [0.25, 0.3) is 0 Å². The summed E-state index contributed by atoms with van der Waals surface area (Å²) < 4.78 is 40.7. The van der Waals surface area contributed by atoms with E-state index in [0.717, 1.165) is 12.8 Å². The maximum absolute atomic E-state index is 12.3. The SMILES string of the molecule is CC[C@@H]1C[C@H]1N=C(N)Nc1ccccc1OC(F)(F)F. The molecule has 2 atom stereocenters. The third-order valence-electron chi connectivity index (χ3n) is 3.09. The van der Waals surface area contributed by atoms with Gasteiger partial charge in [-0.3, -0.25) is 0 Å². The van der Waals surface area contributed by atoms with Gasteiger partial charge in [-0.25, -0.2) is 4.99 Å². The Bertz CT molecular complexity index is 502. The van der Waals surface area contributed by atoms with Crippen LogP contribution in [-0.2, 0) is 0 Å². The maximum atomic E-state index is 12.3. The van der Waals surface area contributed by atoms with Crippen LogP contribution in [0.3, 0.4) is 0 Å². The van der Waals surface area contributed by atoms with Gasteiger partial charge in [0.15, 0.2) is 11.7 Å². The summed E-state index contributed by atoms with van der Waals surface area (Å²) in [6, 6.07) is 5.88. The van der Waals surface area contributed by atoms with Crippen LogP contribution >= 0.6 is 0 Å². The summed E-state index contributed by atoms with van der Waals surface area (Å²) in [5.74, 6) is 0.294. The lowest BCUT2D eigenvalue weighted by Crippen LogP contribution is -2.25. The van der Waals surface area contributed by atoms with E-state index in [-0.39, 0.29) is 23.4 Å². The molecule has 1 aromatic rings. The first kappa shape index (κ1) is 14.5. The summed E-state index contributed by atoms with van der Waals surface area (Å²) in [7, 11) is 0. The van der Waals surface area contributed by atoms with Crippen LogP contribution < -0.4 is 15.8 Å². The minimum Gasteiger partial charge on any atom is -0.404 e. The fraction of sp³-hybridized carbons (Fsp3) is 0.462. The average Bonchev–Trinajstić information content (AvgIpc) is 3.08. The van der Waals surface area contributed by atoms with E-state index in [9.17, 15) is 13.2 Å². The molecule has 110 valence electrons. The number of rotatable bonds is 4. The smallest absolute Gasteiger partial charge is 0.404 e. The third kappa shape index (κ3) is 4.04. The molecule has 1 aliphatic rings. The standard InChI is InChI=1S/C13H16F3N3O/c1-2-8-7-10(8)19-12(17)18-9-5-3-4-6-11(9)20-13(14,15)16/h3-6,8,10H,2,7H2,1H3,(H3,17,18,19)/t8-,10-/m1/s1. The van der Waals surface area contributed by atoms with Crippen LogP contribution in [0.4, 0.5) is 18.9 Å². The minimum absolute atomic E-state index is 0.101. The third-order valence-corrected chi connectivity index (χ3v) is 3.09. The van der Waals surface area contributed by atoms with Crippen LogP contribution in [0.2, 0.25) is 0 Å². The number of benzene rings is 1. The second kappa shape index (κ2) is 5.60. The van der Waals surface area contributed by atoms with Crippen molar-refractivity contribution in [2.75, 3.05) is 5.32 Å². The second-order valence-electron chi connectivity index (χ2n) is 4.65. The quantitative estimate of drug-likeness (QED) is 0.661. The number of nitrogens with zero attached hydrogens (tertiary/aromatic N) is 1. The largest absolute Gasteiger partial charge is 0.573 e. The molecule has 1 saturated carbocycles. The summed E-state index contributed by atoms with van der Waals surface area (Å²) >= 11 is 0. The number of nitrogens with one attached hydrogen (secondary N) is 1. The summed E-state index contributed by atoms with van der Waals surface area (Å²) in [5.41, 5.74) is 5.84. The van der Waals surface area contributed by atoms with Gasteiger partial charge in [-0.2, -0.15) is 0 Å². The van der Waals surface area contributed by atoms with E-state index >= 15 is 0 Å². The molecule has 7 heteroatoms. The summed E-state index contributed by atoms with van der Waals surface area (Å²) in [4.78, 5) is 4.22. The molecule has 1 aliphatic carbocycles. The molecule has 0 aliphatic heterocycles. The van der Waals surface area contributed by atoms with E-state index in [1.165, 1.54) is 18.2 Å². The van der Waals surface area contributed by atoms with Crippen molar-refractivity contribution in [3.05, 3.63) is 24.3 Å². The zero-order valence-electron chi connectivity index (χ0n) is 10.9. The molecule has 20 heavy (non-hydrogen) atoms. The first-order valence-corrected chi connectivity index (χ1v) is 6.34. The van der Waals surface area contributed by atoms with Crippen LogP contribution in [0, 0.1) is 5.92 Å². The lowest BCUT2D eigenvalue weighted by molar-refractivity contribution is -0.274. The predicted molar refractivity (Wildman–Crippen MR) is 70.6 cm³/mol. The van der Waals surface area contributed by atoms with E-state index in [4.69, 9.17) is 5.73 Å². The lowest BCUT2D eigenvalue weighted by atomic mass is 10.3. The van der Waals surface area contributed by atoms with Crippen molar-refractivity contribution in [1.82, 2.24) is 0 Å². The normalized spacial score (nSPS) is 22.5. The summed E-state index contributed by atoms with van der Waals surface area (Å²) in [6.45, 7) is 2.07. The topological polar surface area (TPSA) is 59.6 Å². The van der Waals surface area contributed by atoms with E-state index in [1.54, 1.807) is 6.07 Å². The molecular formula is C13H16F3N3O. The monoisotopic (exact) mass is 287 g/mol. The van der Waals surface area contributed by atoms with Gasteiger partial charge in [-0.1, -0.05) is 25.5 Å². The average molecular weight is 287 g/mol. The van der Waals surface area contributed by atoms with Gasteiger partial charge in [0.2, 0.25) is 0 Å². The van der Waals surface area contributed by atoms with Crippen LogP contribution in [0.25, 0.3) is 0 Å². The molecule has 0 saturated heterocycles. The van der Waals surface area contributed by atoms with Crippen molar-refractivity contribution < 1.29 is 17.9 Å². The highest BCUT2D eigenvalue weighted by Crippen LogP contribution is 2.36. The number of anilines is 1. The fourth-order valence-electron chi connectivity index (χ4n) is 1.96. The van der Waals surface area contributed by atoms with Gasteiger partial charge in [0.05, 0.1) is 11.7 Å². The number of aliphatic imine (C=N–C) groups is 1. The Kier molecular flexibility index (Phi) is 4.06. The van der Waals surface area contributed by atoms with E-state index in [2.05, 4.69) is 22.0 Å². The Labute approximate surface area is 114 Å². The zero-order valence-corrected chi connectivity index (χ0v) is 10.9. The molecule has 0 aromatic heterocycles. The van der Waals surface area contributed by atoms with Crippen LogP contribution in [0.5, 0.6) is 5.75 Å². The molecule has 0 unspecified atom stereocenters. The summed E-state index contributed by atoms with van der Waals surface area (Å²) in [5, 5.41) is 2.65. The second-order valence-corrected chi connectivity index (χ2v) is 4.65. The van der Waals surface area contributed by atoms with Gasteiger partial charge in [0.1, 0.15) is 0 Å². The maximum Gasteiger partial charge on any atom is 0.573 e. The Balaban J connectivity index is 2.05. The molecule has 0 radical (unpaired) electrons. The van der Waals surface area contributed by atoms with Gasteiger partial charge < -0.3 is 15.8 Å². The highest BCUT2D eigenvalue weighted by Gasteiger charge is 2.35. The first-order chi connectivity index (χ1) is 9.39. The Morgan fingerprint density at radius 3 is 2.75 bits per heavy atom. The number of hydrogen-bond acceptors (Lipinski definition) is 2. The first-order valence-electron chi connectivity index (χ1n) is 6.34. The van der Waals surface area contributed by atoms with Crippen LogP contribution in [0.15, 0.2) is 29.3 Å². The molecule has 0 spiro atoms. The Morgan fingerprint density at radius 2 is 2.15 bits per heavy atom. The van der Waals surface area contributed by atoms with Crippen molar-refractivity contribution in [3.63, 3.8) is 0 Å². The molecule has 3 N–H and O–H groups in total. The van der Waals surface area contributed by atoms with Gasteiger partial charge in [0, 0.05) is 0 Å². The van der Waals surface area contributed by atoms with Crippen LogP contribution in [0.1, 0.15) is 19.8 Å². The van der Waals surface area contributed by atoms with Gasteiger partial charge in [-0.15, -0.1) is 13.2 Å². The zero-order chi connectivity index (χ0) is 14.8. The molecule has 2 rings (SSSR count). The van der Waals surface area contributed by atoms with Crippen molar-refractivity contribution in [1.29, 1.82) is 0 Å². The molecule has 0 bridgehead atoms. The number of ether oxygens (including phenoxy) is 1. The van der Waals surface area contributed by atoms with Crippen LogP contribution in [-0.4, -0.2) is 18.4 Å². The van der Waals surface area contributed by atoms with Gasteiger partial charge >= 0.3 is 6.36 Å². The number of halogens is 3. The van der Waals surface area contributed by atoms with E-state index in [0.29, 0.717) is 5.92 Å². The molecule has 1 aromatic carbocycles. The van der Waals surface area contributed by atoms with Crippen molar-refractivity contribution in [2.24, 2.45) is 16.6 Å². The predicted octanol–water partition coefficient (Wildman–Crippen LogP) is 3.11. The highest BCUT2D eigenvalue weighted by molar-refractivity contribution is 5.93. The number of nitrogens with two attached hydrogens (primary N) is 1. The van der Waals surface area contributed by atoms with Crippen molar-refractivity contribution in [3.8, 4) is 5.75 Å². The van der Waals surface area contributed by atoms with Gasteiger partial charge in [-0.05, 0) is 24.5 Å².